The molecule has 4 aromatic carbocycles. The summed E-state index contributed by atoms with van der Waals surface area (Å²) >= 11 is 0. The number of anilines is 4. The van der Waals surface area contributed by atoms with Crippen LogP contribution in [0.4, 0.5) is 22.7 Å². The van der Waals surface area contributed by atoms with E-state index in [1.165, 1.54) is 5.69 Å². The first-order valence-corrected chi connectivity index (χ1v) is 13.2. The molecule has 2 heterocycles. The predicted molar refractivity (Wildman–Crippen MR) is 155 cm³/mol. The molecule has 6 rings (SSSR count). The molecular weight excluding hydrogens is 490 g/mol. The third-order valence-corrected chi connectivity index (χ3v) is 7.14. The van der Waals surface area contributed by atoms with Crippen molar-refractivity contribution in [2.75, 3.05) is 55.6 Å². The van der Waals surface area contributed by atoms with Gasteiger partial charge in [0.15, 0.2) is 0 Å². The average Bonchev–Trinajstić information content (AvgIpc) is 3.13. The minimum absolute atomic E-state index is 0.137. The molecule has 0 aliphatic carbocycles. The first kappa shape index (κ1) is 24.8. The Labute approximate surface area is 228 Å². The van der Waals surface area contributed by atoms with E-state index in [2.05, 4.69) is 33.7 Å². The number of amides is 1. The maximum Gasteiger partial charge on any atom is 0.257 e. The number of carbonyl (C=O) groups is 1. The van der Waals surface area contributed by atoms with Crippen molar-refractivity contribution in [2.24, 2.45) is 0 Å². The van der Waals surface area contributed by atoms with Crippen LogP contribution in [0.3, 0.4) is 0 Å². The number of hydrogen-bond acceptors (Lipinski definition) is 6. The van der Waals surface area contributed by atoms with E-state index >= 15 is 0 Å². The molecule has 39 heavy (non-hydrogen) atoms. The summed E-state index contributed by atoms with van der Waals surface area (Å²) in [5.74, 6) is 1.50. The van der Waals surface area contributed by atoms with Gasteiger partial charge in [0.05, 0.1) is 49.6 Å². The SMILES string of the molecule is COc1cccc(-c2ccc3c(c2)Nc2ccc(CCOc4ccc(N5CCOCC5)cc4)cc2NC3=O)c1. The van der Waals surface area contributed by atoms with Gasteiger partial charge in [-0.15, -0.1) is 0 Å². The van der Waals surface area contributed by atoms with E-state index in [1.54, 1.807) is 7.11 Å². The van der Waals surface area contributed by atoms with Crippen LogP contribution in [0.5, 0.6) is 11.5 Å². The van der Waals surface area contributed by atoms with Crippen molar-refractivity contribution in [2.45, 2.75) is 6.42 Å². The van der Waals surface area contributed by atoms with Crippen molar-refractivity contribution in [1.82, 2.24) is 0 Å². The summed E-state index contributed by atoms with van der Waals surface area (Å²) in [5.41, 5.74) is 7.28. The number of carbonyl (C=O) groups excluding carboxylic acids is 1. The zero-order valence-corrected chi connectivity index (χ0v) is 21.9. The molecule has 1 amide bonds. The number of hydrogen-bond donors (Lipinski definition) is 2. The standard InChI is InChI=1S/C32H31N3O4/c1-37-27-4-2-3-23(20-27)24-6-11-28-30(21-24)33-29-12-5-22(19-31(29)34-32(28)36)13-16-39-26-9-7-25(8-10-26)35-14-17-38-18-15-35/h2-12,19-21,33H,13-18H2,1H3,(H,34,36). The molecule has 0 radical (unpaired) electrons. The van der Waals surface area contributed by atoms with E-state index in [4.69, 9.17) is 14.2 Å². The summed E-state index contributed by atoms with van der Waals surface area (Å²) in [7, 11) is 1.66. The van der Waals surface area contributed by atoms with Crippen LogP contribution in [0.1, 0.15) is 15.9 Å². The fourth-order valence-corrected chi connectivity index (χ4v) is 4.98. The van der Waals surface area contributed by atoms with E-state index in [0.29, 0.717) is 12.2 Å². The molecule has 1 fully saturated rings. The molecule has 198 valence electrons. The van der Waals surface area contributed by atoms with Crippen LogP contribution in [-0.4, -0.2) is 45.9 Å². The first-order valence-electron chi connectivity index (χ1n) is 13.2. The Kier molecular flexibility index (Phi) is 7.06. The van der Waals surface area contributed by atoms with Gasteiger partial charge in [0.2, 0.25) is 0 Å². The van der Waals surface area contributed by atoms with Crippen molar-refractivity contribution >= 4 is 28.7 Å². The number of rotatable bonds is 7. The van der Waals surface area contributed by atoms with E-state index in [0.717, 1.165) is 78.0 Å². The van der Waals surface area contributed by atoms with Crippen molar-refractivity contribution in [1.29, 1.82) is 0 Å². The minimum atomic E-state index is -0.137. The van der Waals surface area contributed by atoms with Crippen molar-refractivity contribution in [3.63, 3.8) is 0 Å². The van der Waals surface area contributed by atoms with E-state index in [1.807, 2.05) is 66.7 Å². The second kappa shape index (κ2) is 11.1. The van der Waals surface area contributed by atoms with E-state index in [-0.39, 0.29) is 5.91 Å². The number of benzene rings is 4. The van der Waals surface area contributed by atoms with E-state index < -0.39 is 0 Å². The van der Waals surface area contributed by atoms with Gasteiger partial charge in [0.1, 0.15) is 11.5 Å². The zero-order chi connectivity index (χ0) is 26.6. The number of fused-ring (bicyclic) bond motifs is 2. The molecule has 2 aliphatic rings. The molecule has 0 bridgehead atoms. The van der Waals surface area contributed by atoms with Gasteiger partial charge >= 0.3 is 0 Å². The summed E-state index contributed by atoms with van der Waals surface area (Å²) in [5, 5.41) is 6.52. The topological polar surface area (TPSA) is 72.1 Å². The van der Waals surface area contributed by atoms with Crippen LogP contribution < -0.4 is 25.0 Å². The Morgan fingerprint density at radius 3 is 2.44 bits per heavy atom. The van der Waals surface area contributed by atoms with Crippen LogP contribution in [0.15, 0.2) is 84.9 Å². The summed E-state index contributed by atoms with van der Waals surface area (Å²) < 4.78 is 16.8. The fourth-order valence-electron chi connectivity index (χ4n) is 4.98. The number of nitrogens with zero attached hydrogens (tertiary/aromatic N) is 1. The zero-order valence-electron chi connectivity index (χ0n) is 21.9. The molecule has 7 heteroatoms. The van der Waals surface area contributed by atoms with Crippen LogP contribution >= 0.6 is 0 Å². The monoisotopic (exact) mass is 521 g/mol. The molecule has 0 saturated carbocycles. The van der Waals surface area contributed by atoms with E-state index in [9.17, 15) is 4.79 Å². The Bertz CT molecular complexity index is 1480. The summed E-state index contributed by atoms with van der Waals surface area (Å²) in [6, 6.07) is 28.0. The third-order valence-electron chi connectivity index (χ3n) is 7.14. The third kappa shape index (κ3) is 5.54. The Balaban J connectivity index is 1.12. The first-order chi connectivity index (χ1) is 19.2. The maximum absolute atomic E-state index is 13.1. The molecule has 7 nitrogen and oxygen atoms in total. The normalized spacial score (nSPS) is 14.4. The highest BCUT2D eigenvalue weighted by atomic mass is 16.5. The smallest absolute Gasteiger partial charge is 0.257 e. The Hall–Kier alpha value is -4.49. The lowest BCUT2D eigenvalue weighted by molar-refractivity contribution is 0.102. The Morgan fingerprint density at radius 2 is 1.62 bits per heavy atom. The van der Waals surface area contributed by atoms with Gasteiger partial charge in [0.25, 0.3) is 5.91 Å². The van der Waals surface area contributed by atoms with Gasteiger partial charge in [-0.2, -0.15) is 0 Å². The molecule has 0 atom stereocenters. The predicted octanol–water partition coefficient (Wildman–Crippen LogP) is 6.13. The second-order valence-corrected chi connectivity index (χ2v) is 9.64. The Morgan fingerprint density at radius 1 is 0.795 bits per heavy atom. The lowest BCUT2D eigenvalue weighted by Gasteiger charge is -2.28. The lowest BCUT2D eigenvalue weighted by Crippen LogP contribution is -2.36. The van der Waals surface area contributed by atoms with Gasteiger partial charge in [0, 0.05) is 25.2 Å². The summed E-state index contributed by atoms with van der Waals surface area (Å²) in [6.45, 7) is 3.91. The van der Waals surface area contributed by atoms with Gasteiger partial charge in [-0.25, -0.2) is 0 Å². The highest BCUT2D eigenvalue weighted by Gasteiger charge is 2.20. The molecular formula is C32H31N3O4. The van der Waals surface area contributed by atoms with Gasteiger partial charge in [-0.1, -0.05) is 24.3 Å². The average molecular weight is 522 g/mol. The van der Waals surface area contributed by atoms with Crippen LogP contribution in [0.2, 0.25) is 0 Å². The number of morpholine rings is 1. The molecule has 1 saturated heterocycles. The van der Waals surface area contributed by atoms with Crippen molar-refractivity contribution < 1.29 is 19.0 Å². The molecule has 4 aromatic rings. The highest BCUT2D eigenvalue weighted by molar-refractivity contribution is 6.12. The van der Waals surface area contributed by atoms with Gasteiger partial charge in [-0.3, -0.25) is 4.79 Å². The largest absolute Gasteiger partial charge is 0.497 e. The highest BCUT2D eigenvalue weighted by Crippen LogP contribution is 2.36. The van der Waals surface area contributed by atoms with Crippen LogP contribution in [0.25, 0.3) is 11.1 Å². The summed E-state index contributed by atoms with van der Waals surface area (Å²) in [6.07, 6.45) is 0.724. The number of nitrogens with one attached hydrogen (secondary N) is 2. The lowest BCUT2D eigenvalue weighted by atomic mass is 10.0. The summed E-state index contributed by atoms with van der Waals surface area (Å²) in [4.78, 5) is 15.4. The second-order valence-electron chi connectivity index (χ2n) is 9.64. The molecule has 0 spiro atoms. The van der Waals surface area contributed by atoms with Crippen molar-refractivity contribution in [3.05, 3.63) is 96.1 Å². The number of ether oxygens (including phenoxy) is 3. The molecule has 2 aliphatic heterocycles. The van der Waals surface area contributed by atoms with Crippen LogP contribution in [0, 0.1) is 0 Å². The van der Waals surface area contributed by atoms with Crippen LogP contribution in [-0.2, 0) is 11.2 Å². The quantitative estimate of drug-likeness (QED) is 0.305. The van der Waals surface area contributed by atoms with Crippen molar-refractivity contribution in [3.8, 4) is 22.6 Å². The maximum atomic E-state index is 13.1. The fraction of sp³-hybridized carbons (Fsp3) is 0.219. The molecule has 0 aromatic heterocycles. The van der Waals surface area contributed by atoms with Gasteiger partial charge < -0.3 is 29.7 Å². The number of methoxy groups -OCH3 is 1. The molecule has 0 unspecified atom stereocenters. The van der Waals surface area contributed by atoms with Gasteiger partial charge in [-0.05, 0) is 77.4 Å². The minimum Gasteiger partial charge on any atom is -0.497 e. The molecule has 2 N–H and O–H groups in total.